The fourth-order valence-corrected chi connectivity index (χ4v) is 2.97. The van der Waals surface area contributed by atoms with Crippen LogP contribution >= 0.6 is 24.8 Å². The Bertz CT molecular complexity index is 543. The minimum atomic E-state index is -2.12. The molecule has 1 aliphatic rings. The fraction of sp³-hybridized carbons (Fsp3) is 0.600. The average Bonchev–Trinajstić information content (AvgIpc) is 2.47. The Balaban J connectivity index is 0.00000264. The SMILES string of the molecule is CC(C)(C)[C@@H](c1c(F)c(F)c(F)c(F)c1F)N1CCNCC1.Cl.Cl. The zero-order valence-corrected chi connectivity index (χ0v) is 15.2. The minimum absolute atomic E-state index is 0. The summed E-state index contributed by atoms with van der Waals surface area (Å²) in [7, 11) is 0. The number of benzene rings is 1. The van der Waals surface area contributed by atoms with Gasteiger partial charge >= 0.3 is 0 Å². The van der Waals surface area contributed by atoms with Crippen LogP contribution < -0.4 is 5.32 Å². The Labute approximate surface area is 150 Å². The van der Waals surface area contributed by atoms with E-state index in [1.807, 2.05) is 0 Å². The molecule has 0 bridgehead atoms. The molecule has 9 heteroatoms. The molecule has 1 saturated heterocycles. The quantitative estimate of drug-likeness (QED) is 0.459. The number of rotatable bonds is 2. The molecule has 0 radical (unpaired) electrons. The highest BCUT2D eigenvalue weighted by atomic mass is 35.5. The van der Waals surface area contributed by atoms with Gasteiger partial charge in [0.1, 0.15) is 0 Å². The summed E-state index contributed by atoms with van der Waals surface area (Å²) >= 11 is 0. The van der Waals surface area contributed by atoms with Gasteiger partial charge in [0, 0.05) is 37.8 Å². The van der Waals surface area contributed by atoms with Crippen molar-refractivity contribution in [2.24, 2.45) is 5.41 Å². The number of hydrogen-bond donors (Lipinski definition) is 1. The van der Waals surface area contributed by atoms with Crippen LogP contribution in [-0.2, 0) is 0 Å². The van der Waals surface area contributed by atoms with E-state index in [-0.39, 0.29) is 24.8 Å². The van der Waals surface area contributed by atoms with Gasteiger partial charge in [0.2, 0.25) is 5.82 Å². The molecular formula is C15H21Cl2F5N2. The first-order chi connectivity index (χ1) is 10.2. The molecule has 0 amide bonds. The lowest BCUT2D eigenvalue weighted by atomic mass is 9.80. The third-order valence-electron chi connectivity index (χ3n) is 3.85. The summed E-state index contributed by atoms with van der Waals surface area (Å²) in [5.41, 5.74) is -1.44. The maximum Gasteiger partial charge on any atom is 0.200 e. The Morgan fingerprint density at radius 3 is 1.54 bits per heavy atom. The van der Waals surface area contributed by atoms with E-state index in [1.165, 1.54) is 0 Å². The van der Waals surface area contributed by atoms with Gasteiger partial charge in [-0.15, -0.1) is 24.8 Å². The summed E-state index contributed by atoms with van der Waals surface area (Å²) in [6.45, 7) is 7.31. The van der Waals surface area contributed by atoms with E-state index in [0.717, 1.165) is 0 Å². The molecule has 2 nitrogen and oxygen atoms in total. The van der Waals surface area contributed by atoms with E-state index in [4.69, 9.17) is 0 Å². The molecule has 0 saturated carbocycles. The van der Waals surface area contributed by atoms with E-state index in [1.54, 1.807) is 25.7 Å². The van der Waals surface area contributed by atoms with Crippen LogP contribution in [0.2, 0.25) is 0 Å². The highest BCUT2D eigenvalue weighted by Gasteiger charge is 2.39. The lowest BCUT2D eigenvalue weighted by Gasteiger charge is -2.42. The van der Waals surface area contributed by atoms with Crippen LogP contribution in [0.3, 0.4) is 0 Å². The largest absolute Gasteiger partial charge is 0.314 e. The van der Waals surface area contributed by atoms with Crippen molar-refractivity contribution in [3.63, 3.8) is 0 Å². The third kappa shape index (κ3) is 4.31. The van der Waals surface area contributed by atoms with Crippen LogP contribution in [0.4, 0.5) is 22.0 Å². The molecule has 24 heavy (non-hydrogen) atoms. The van der Waals surface area contributed by atoms with Crippen LogP contribution in [0.15, 0.2) is 0 Å². The zero-order valence-electron chi connectivity index (χ0n) is 13.6. The third-order valence-corrected chi connectivity index (χ3v) is 3.85. The molecule has 1 N–H and O–H groups in total. The van der Waals surface area contributed by atoms with Crippen molar-refractivity contribution in [1.29, 1.82) is 0 Å². The second-order valence-corrected chi connectivity index (χ2v) is 6.54. The summed E-state index contributed by atoms with van der Waals surface area (Å²) in [5, 5.41) is 3.10. The summed E-state index contributed by atoms with van der Waals surface area (Å²) in [4.78, 5) is 1.76. The van der Waals surface area contributed by atoms with Crippen LogP contribution in [0.25, 0.3) is 0 Å². The van der Waals surface area contributed by atoms with Gasteiger partial charge in [0.15, 0.2) is 23.3 Å². The fourth-order valence-electron chi connectivity index (χ4n) is 2.97. The molecule has 1 aromatic carbocycles. The average molecular weight is 395 g/mol. The summed E-state index contributed by atoms with van der Waals surface area (Å²) in [5.74, 6) is -9.38. The molecule has 2 rings (SSSR count). The highest BCUT2D eigenvalue weighted by molar-refractivity contribution is 5.85. The van der Waals surface area contributed by atoms with Crippen molar-refractivity contribution < 1.29 is 22.0 Å². The number of piperazine rings is 1. The molecule has 0 aromatic heterocycles. The molecule has 1 heterocycles. The van der Waals surface area contributed by atoms with Gasteiger partial charge in [-0.2, -0.15) is 0 Å². The van der Waals surface area contributed by atoms with Crippen molar-refractivity contribution in [2.75, 3.05) is 26.2 Å². The first-order valence-corrected chi connectivity index (χ1v) is 7.12. The van der Waals surface area contributed by atoms with Gasteiger partial charge in [-0.25, -0.2) is 22.0 Å². The molecule has 1 atom stereocenters. The number of nitrogens with one attached hydrogen (secondary N) is 1. The van der Waals surface area contributed by atoms with E-state index in [2.05, 4.69) is 5.32 Å². The van der Waals surface area contributed by atoms with Crippen molar-refractivity contribution in [2.45, 2.75) is 26.8 Å². The van der Waals surface area contributed by atoms with E-state index in [9.17, 15) is 22.0 Å². The lowest BCUT2D eigenvalue weighted by Crippen LogP contribution is -2.49. The van der Waals surface area contributed by atoms with Gasteiger partial charge < -0.3 is 5.32 Å². The molecule has 0 aliphatic carbocycles. The highest BCUT2D eigenvalue weighted by Crippen LogP contribution is 2.41. The molecule has 1 aliphatic heterocycles. The van der Waals surface area contributed by atoms with Gasteiger partial charge in [0.25, 0.3) is 0 Å². The first-order valence-electron chi connectivity index (χ1n) is 7.12. The van der Waals surface area contributed by atoms with E-state index in [0.29, 0.717) is 26.2 Å². The topological polar surface area (TPSA) is 15.3 Å². The van der Waals surface area contributed by atoms with Crippen LogP contribution in [0.5, 0.6) is 0 Å². The predicted octanol–water partition coefficient (Wildman–Crippen LogP) is 4.22. The first kappa shape index (κ1) is 23.4. The molecule has 1 fully saturated rings. The van der Waals surface area contributed by atoms with Gasteiger partial charge in [-0.1, -0.05) is 20.8 Å². The second-order valence-electron chi connectivity index (χ2n) is 6.54. The number of halogens is 7. The van der Waals surface area contributed by atoms with Crippen LogP contribution in [-0.4, -0.2) is 31.1 Å². The number of hydrogen-bond acceptors (Lipinski definition) is 2. The van der Waals surface area contributed by atoms with Crippen LogP contribution in [0.1, 0.15) is 32.4 Å². The molecule has 0 unspecified atom stereocenters. The Hall–Kier alpha value is -0.630. The van der Waals surface area contributed by atoms with Crippen molar-refractivity contribution in [1.82, 2.24) is 10.2 Å². The monoisotopic (exact) mass is 394 g/mol. The smallest absolute Gasteiger partial charge is 0.200 e. The van der Waals surface area contributed by atoms with Crippen molar-refractivity contribution in [3.8, 4) is 0 Å². The Morgan fingerprint density at radius 2 is 1.17 bits per heavy atom. The molecular weight excluding hydrogens is 374 g/mol. The Kier molecular flexibility index (Phi) is 8.42. The summed E-state index contributed by atoms with van der Waals surface area (Å²) in [6, 6.07) is -0.904. The predicted molar refractivity (Wildman–Crippen MR) is 87.4 cm³/mol. The number of nitrogens with zero attached hydrogens (tertiary/aromatic N) is 1. The summed E-state index contributed by atoms with van der Waals surface area (Å²) < 4.78 is 68.7. The Morgan fingerprint density at radius 1 is 0.792 bits per heavy atom. The standard InChI is InChI=1S/C15H19F5N2.2ClH/c1-15(2,3)14(22-6-4-21-5-7-22)8-9(16)11(18)13(20)12(19)10(8)17;;/h14,21H,4-7H2,1-3H3;2*1H/t14-;;/m1../s1. The summed E-state index contributed by atoms with van der Waals surface area (Å²) in [6.07, 6.45) is 0. The molecule has 140 valence electrons. The van der Waals surface area contributed by atoms with E-state index < -0.39 is 46.1 Å². The second kappa shape index (κ2) is 8.65. The van der Waals surface area contributed by atoms with Gasteiger partial charge in [-0.3, -0.25) is 4.90 Å². The van der Waals surface area contributed by atoms with Gasteiger partial charge in [0.05, 0.1) is 0 Å². The lowest BCUT2D eigenvalue weighted by molar-refractivity contribution is 0.0786. The molecule has 0 spiro atoms. The maximum absolute atomic E-state index is 14.2. The zero-order chi connectivity index (χ0) is 16.7. The van der Waals surface area contributed by atoms with Crippen molar-refractivity contribution in [3.05, 3.63) is 34.6 Å². The van der Waals surface area contributed by atoms with Crippen molar-refractivity contribution >= 4 is 24.8 Å². The van der Waals surface area contributed by atoms with Crippen LogP contribution in [0, 0.1) is 34.5 Å². The maximum atomic E-state index is 14.2. The minimum Gasteiger partial charge on any atom is -0.314 e. The molecule has 1 aromatic rings. The van der Waals surface area contributed by atoms with Gasteiger partial charge in [-0.05, 0) is 5.41 Å². The normalized spacial score (nSPS) is 17.0. The van der Waals surface area contributed by atoms with E-state index >= 15 is 0 Å².